The van der Waals surface area contributed by atoms with Crippen LogP contribution in [0.1, 0.15) is 34.6 Å². The van der Waals surface area contributed by atoms with E-state index in [1.165, 1.54) is 11.3 Å². The van der Waals surface area contributed by atoms with Gasteiger partial charge in [0.1, 0.15) is 5.75 Å². The van der Waals surface area contributed by atoms with Crippen LogP contribution in [0.3, 0.4) is 0 Å². The summed E-state index contributed by atoms with van der Waals surface area (Å²) in [7, 11) is 0. The fourth-order valence-electron chi connectivity index (χ4n) is 1.74. The Bertz CT molecular complexity index is 555. The number of carbonyl (C=O) groups is 1. The number of benzene rings is 1. The molecule has 0 N–H and O–H groups in total. The molecular weight excluding hydrogens is 244 g/mol. The maximum Gasteiger partial charge on any atom is 0.206 e. The standard InChI is InChI=1S/C15H16O2S/c1-10(2)17-13-7-5-4-6-12(13)14(16)15-11(3)8-9-18-15/h4-10H,1-3H3. The highest BCUT2D eigenvalue weighted by Crippen LogP contribution is 2.26. The highest BCUT2D eigenvalue weighted by atomic mass is 32.1. The fourth-order valence-corrected chi connectivity index (χ4v) is 2.62. The topological polar surface area (TPSA) is 26.3 Å². The molecule has 0 aliphatic carbocycles. The van der Waals surface area contributed by atoms with Gasteiger partial charge in [0.2, 0.25) is 5.78 Å². The Balaban J connectivity index is 2.39. The molecular formula is C15H16O2S. The zero-order chi connectivity index (χ0) is 13.1. The second-order valence-corrected chi connectivity index (χ2v) is 5.34. The molecule has 0 spiro atoms. The van der Waals surface area contributed by atoms with Gasteiger partial charge in [0.25, 0.3) is 0 Å². The van der Waals surface area contributed by atoms with E-state index < -0.39 is 0 Å². The zero-order valence-corrected chi connectivity index (χ0v) is 11.6. The third-order valence-electron chi connectivity index (χ3n) is 2.56. The molecule has 3 heteroatoms. The molecule has 0 fully saturated rings. The van der Waals surface area contributed by atoms with Gasteiger partial charge in [-0.1, -0.05) is 12.1 Å². The molecule has 0 radical (unpaired) electrons. The average Bonchev–Trinajstić information content (AvgIpc) is 2.74. The van der Waals surface area contributed by atoms with Crippen LogP contribution in [0.5, 0.6) is 5.75 Å². The normalized spacial score (nSPS) is 10.7. The molecule has 0 bridgehead atoms. The van der Waals surface area contributed by atoms with Gasteiger partial charge in [0, 0.05) is 0 Å². The van der Waals surface area contributed by atoms with E-state index in [-0.39, 0.29) is 11.9 Å². The van der Waals surface area contributed by atoms with Gasteiger partial charge in [-0.2, -0.15) is 0 Å². The lowest BCUT2D eigenvalue weighted by Gasteiger charge is -2.13. The SMILES string of the molecule is Cc1ccsc1C(=O)c1ccccc1OC(C)C. The van der Waals surface area contributed by atoms with Crippen molar-refractivity contribution in [3.05, 3.63) is 51.7 Å². The van der Waals surface area contributed by atoms with E-state index in [2.05, 4.69) is 0 Å². The molecule has 0 atom stereocenters. The molecule has 2 rings (SSSR count). The number of hydrogen-bond donors (Lipinski definition) is 0. The first kappa shape index (κ1) is 12.8. The largest absolute Gasteiger partial charge is 0.490 e. The van der Waals surface area contributed by atoms with Gasteiger partial charge in [-0.15, -0.1) is 11.3 Å². The lowest BCUT2D eigenvalue weighted by Crippen LogP contribution is -2.10. The Morgan fingerprint density at radius 1 is 1.22 bits per heavy atom. The van der Waals surface area contributed by atoms with E-state index in [4.69, 9.17) is 4.74 Å². The summed E-state index contributed by atoms with van der Waals surface area (Å²) in [4.78, 5) is 13.2. The molecule has 1 aromatic heterocycles. The van der Waals surface area contributed by atoms with Gasteiger partial charge in [-0.3, -0.25) is 4.79 Å². The molecule has 0 saturated carbocycles. The Labute approximate surface area is 111 Å². The lowest BCUT2D eigenvalue weighted by atomic mass is 10.1. The third-order valence-corrected chi connectivity index (χ3v) is 3.58. The van der Waals surface area contributed by atoms with E-state index in [0.717, 1.165) is 10.4 Å². The summed E-state index contributed by atoms with van der Waals surface area (Å²) in [6.45, 7) is 5.87. The van der Waals surface area contributed by atoms with Crippen LogP contribution < -0.4 is 4.74 Å². The van der Waals surface area contributed by atoms with Crippen LogP contribution >= 0.6 is 11.3 Å². The molecule has 0 aliphatic heterocycles. The van der Waals surface area contributed by atoms with Crippen LogP contribution in [0.4, 0.5) is 0 Å². The van der Waals surface area contributed by atoms with Crippen molar-refractivity contribution < 1.29 is 9.53 Å². The second kappa shape index (κ2) is 5.36. The van der Waals surface area contributed by atoms with E-state index in [9.17, 15) is 4.79 Å². The minimum atomic E-state index is 0.0405. The first-order valence-electron chi connectivity index (χ1n) is 5.94. The molecule has 1 aromatic carbocycles. The molecule has 0 unspecified atom stereocenters. The number of ether oxygens (including phenoxy) is 1. The minimum absolute atomic E-state index is 0.0405. The third kappa shape index (κ3) is 2.62. The molecule has 0 saturated heterocycles. The first-order valence-corrected chi connectivity index (χ1v) is 6.82. The minimum Gasteiger partial charge on any atom is -0.490 e. The molecule has 0 amide bonds. The highest BCUT2D eigenvalue weighted by molar-refractivity contribution is 7.12. The zero-order valence-electron chi connectivity index (χ0n) is 10.8. The Kier molecular flexibility index (Phi) is 3.82. The molecule has 2 aromatic rings. The van der Waals surface area contributed by atoms with Crippen LogP contribution in [0.2, 0.25) is 0 Å². The van der Waals surface area contributed by atoms with Crippen LogP contribution in [0.15, 0.2) is 35.7 Å². The second-order valence-electron chi connectivity index (χ2n) is 4.42. The maximum atomic E-state index is 12.5. The molecule has 2 nitrogen and oxygen atoms in total. The smallest absolute Gasteiger partial charge is 0.206 e. The predicted octanol–water partition coefficient (Wildman–Crippen LogP) is 4.07. The van der Waals surface area contributed by atoms with Crippen molar-refractivity contribution in [3.63, 3.8) is 0 Å². The summed E-state index contributed by atoms with van der Waals surface area (Å²) < 4.78 is 5.69. The van der Waals surface area contributed by atoms with Crippen molar-refractivity contribution in [3.8, 4) is 5.75 Å². The quantitative estimate of drug-likeness (QED) is 0.774. The highest BCUT2D eigenvalue weighted by Gasteiger charge is 2.17. The predicted molar refractivity (Wildman–Crippen MR) is 74.7 cm³/mol. The Morgan fingerprint density at radius 2 is 1.94 bits per heavy atom. The van der Waals surface area contributed by atoms with E-state index in [0.29, 0.717) is 11.3 Å². The van der Waals surface area contributed by atoms with Gasteiger partial charge in [0.15, 0.2) is 0 Å². The number of rotatable bonds is 4. The van der Waals surface area contributed by atoms with Crippen molar-refractivity contribution in [1.29, 1.82) is 0 Å². The van der Waals surface area contributed by atoms with E-state index >= 15 is 0 Å². The molecule has 0 aliphatic rings. The van der Waals surface area contributed by atoms with Crippen molar-refractivity contribution in [2.75, 3.05) is 0 Å². The summed E-state index contributed by atoms with van der Waals surface area (Å²) >= 11 is 1.47. The monoisotopic (exact) mass is 260 g/mol. The van der Waals surface area contributed by atoms with Crippen LogP contribution in [0, 0.1) is 6.92 Å². The molecule has 1 heterocycles. The van der Waals surface area contributed by atoms with Crippen LogP contribution in [-0.2, 0) is 0 Å². The number of ketones is 1. The molecule has 94 valence electrons. The lowest BCUT2D eigenvalue weighted by molar-refractivity contribution is 0.103. The van der Waals surface area contributed by atoms with Crippen molar-refractivity contribution in [1.82, 2.24) is 0 Å². The van der Waals surface area contributed by atoms with Gasteiger partial charge >= 0.3 is 0 Å². The number of carbonyl (C=O) groups excluding carboxylic acids is 1. The van der Waals surface area contributed by atoms with E-state index in [1.807, 2.05) is 56.5 Å². The number of para-hydroxylation sites is 1. The Hall–Kier alpha value is -1.61. The number of hydrogen-bond acceptors (Lipinski definition) is 3. The maximum absolute atomic E-state index is 12.5. The summed E-state index contributed by atoms with van der Waals surface area (Å²) in [5.74, 6) is 0.698. The van der Waals surface area contributed by atoms with Crippen molar-refractivity contribution in [2.45, 2.75) is 26.9 Å². The summed E-state index contributed by atoms with van der Waals surface area (Å²) in [6, 6.07) is 9.37. The van der Waals surface area contributed by atoms with Crippen molar-refractivity contribution >= 4 is 17.1 Å². The first-order chi connectivity index (χ1) is 8.59. The molecule has 18 heavy (non-hydrogen) atoms. The van der Waals surface area contributed by atoms with Gasteiger partial charge in [-0.25, -0.2) is 0 Å². The number of thiophene rings is 1. The fraction of sp³-hybridized carbons (Fsp3) is 0.267. The summed E-state index contributed by atoms with van der Waals surface area (Å²) in [6.07, 6.45) is 0.0587. The summed E-state index contributed by atoms with van der Waals surface area (Å²) in [5, 5.41) is 1.94. The van der Waals surface area contributed by atoms with E-state index in [1.54, 1.807) is 0 Å². The van der Waals surface area contributed by atoms with Crippen molar-refractivity contribution in [2.24, 2.45) is 0 Å². The Morgan fingerprint density at radius 3 is 2.56 bits per heavy atom. The van der Waals surface area contributed by atoms with Gasteiger partial charge in [0.05, 0.1) is 16.5 Å². The number of aryl methyl sites for hydroxylation is 1. The van der Waals surface area contributed by atoms with Crippen LogP contribution in [-0.4, -0.2) is 11.9 Å². The summed E-state index contributed by atoms with van der Waals surface area (Å²) in [5.41, 5.74) is 1.65. The van der Waals surface area contributed by atoms with Crippen LogP contribution in [0.25, 0.3) is 0 Å². The van der Waals surface area contributed by atoms with Gasteiger partial charge < -0.3 is 4.74 Å². The van der Waals surface area contributed by atoms with Gasteiger partial charge in [-0.05, 0) is 49.9 Å². The average molecular weight is 260 g/mol.